The van der Waals surface area contributed by atoms with E-state index in [0.29, 0.717) is 23.5 Å². The van der Waals surface area contributed by atoms with Gasteiger partial charge in [-0.1, -0.05) is 0 Å². The van der Waals surface area contributed by atoms with E-state index in [9.17, 15) is 4.39 Å². The topological polar surface area (TPSA) is 103 Å². The molecule has 186 valence electrons. The van der Waals surface area contributed by atoms with Crippen LogP contribution >= 0.6 is 0 Å². The Morgan fingerprint density at radius 1 is 1.03 bits per heavy atom. The van der Waals surface area contributed by atoms with Crippen LogP contribution in [0, 0.1) is 5.82 Å². The van der Waals surface area contributed by atoms with Crippen LogP contribution in [0.1, 0.15) is 0 Å². The van der Waals surface area contributed by atoms with Gasteiger partial charge in [0.15, 0.2) is 0 Å². The Balaban J connectivity index is 1.40. The van der Waals surface area contributed by atoms with Gasteiger partial charge in [0.25, 0.3) is 0 Å². The van der Waals surface area contributed by atoms with Gasteiger partial charge in [-0.05, 0) is 56.6 Å². The highest BCUT2D eigenvalue weighted by Crippen LogP contribution is 2.34. The second kappa shape index (κ2) is 9.14. The summed E-state index contributed by atoms with van der Waals surface area (Å²) in [5.74, 6) is -0.315. The van der Waals surface area contributed by atoms with Crippen LogP contribution in [0.5, 0.6) is 0 Å². The van der Waals surface area contributed by atoms with E-state index >= 15 is 0 Å². The lowest BCUT2D eigenvalue weighted by Gasteiger charge is -2.12. The average molecular weight is 496 g/mol. The number of H-pyrrole nitrogens is 2. The maximum absolute atomic E-state index is 14.6. The van der Waals surface area contributed by atoms with Gasteiger partial charge in [0.05, 0.1) is 28.8 Å². The number of nitrogens with zero attached hydrogens (tertiary/aromatic N) is 6. The summed E-state index contributed by atoms with van der Waals surface area (Å²) < 4.78 is 16.3. The largest absolute Gasteiger partial charge is 0.384 e. The monoisotopic (exact) mass is 495 g/mol. The van der Waals surface area contributed by atoms with E-state index in [2.05, 4.69) is 35.5 Å². The lowest BCUT2D eigenvalue weighted by molar-refractivity contribution is 0.425. The predicted molar refractivity (Wildman–Crippen MR) is 144 cm³/mol. The summed E-state index contributed by atoms with van der Waals surface area (Å²) in [5, 5.41) is 16.0. The van der Waals surface area contributed by atoms with Gasteiger partial charge in [0.2, 0.25) is 0 Å². The molecule has 0 aliphatic heterocycles. The van der Waals surface area contributed by atoms with Crippen molar-refractivity contribution in [1.82, 2.24) is 39.8 Å². The van der Waals surface area contributed by atoms with Crippen LogP contribution in [0.4, 0.5) is 10.1 Å². The van der Waals surface area contributed by atoms with Gasteiger partial charge in [-0.25, -0.2) is 9.37 Å². The first-order valence-electron chi connectivity index (χ1n) is 12.0. The first-order valence-corrected chi connectivity index (χ1v) is 12.0. The van der Waals surface area contributed by atoms with E-state index in [4.69, 9.17) is 4.98 Å². The van der Waals surface area contributed by atoms with E-state index in [0.717, 1.165) is 51.1 Å². The summed E-state index contributed by atoms with van der Waals surface area (Å²) in [6.45, 7) is 1.55. The lowest BCUT2D eigenvalue weighted by Crippen LogP contribution is -2.20. The number of hydrogen-bond acceptors (Lipinski definition) is 6. The van der Waals surface area contributed by atoms with Crippen LogP contribution in [0.15, 0.2) is 61.1 Å². The summed E-state index contributed by atoms with van der Waals surface area (Å²) in [6, 6.07) is 12.8. The number of nitrogens with one attached hydrogen (secondary N) is 3. The fraction of sp³-hybridized carbons (Fsp3) is 0.185. The van der Waals surface area contributed by atoms with E-state index < -0.39 is 0 Å². The highest BCUT2D eigenvalue weighted by molar-refractivity contribution is 5.99. The molecule has 0 unspecified atom stereocenters. The molecule has 0 spiro atoms. The van der Waals surface area contributed by atoms with Crippen molar-refractivity contribution < 1.29 is 4.39 Å². The number of aromatic nitrogens is 7. The molecule has 0 bridgehead atoms. The first kappa shape index (κ1) is 22.9. The number of pyridine rings is 2. The molecule has 1 aromatic carbocycles. The first-order chi connectivity index (χ1) is 17.9. The molecular formula is C27H26FN9. The summed E-state index contributed by atoms with van der Waals surface area (Å²) in [7, 11) is 5.89. The third-order valence-corrected chi connectivity index (χ3v) is 6.27. The van der Waals surface area contributed by atoms with Gasteiger partial charge >= 0.3 is 0 Å². The molecule has 0 saturated heterocycles. The van der Waals surface area contributed by atoms with E-state index in [1.807, 2.05) is 57.7 Å². The highest BCUT2D eigenvalue weighted by Gasteiger charge is 2.17. The van der Waals surface area contributed by atoms with E-state index in [1.165, 1.54) is 12.1 Å². The highest BCUT2D eigenvalue weighted by atomic mass is 19.1. The minimum atomic E-state index is -0.315. The molecule has 3 N–H and O–H groups in total. The average Bonchev–Trinajstić information content (AvgIpc) is 3.60. The fourth-order valence-corrected chi connectivity index (χ4v) is 4.46. The van der Waals surface area contributed by atoms with Crippen molar-refractivity contribution in [2.24, 2.45) is 7.05 Å². The van der Waals surface area contributed by atoms with Gasteiger partial charge in [0.1, 0.15) is 17.0 Å². The Labute approximate surface area is 212 Å². The molecule has 0 radical (unpaired) electrons. The Bertz CT molecular complexity index is 1730. The van der Waals surface area contributed by atoms with Gasteiger partial charge < -0.3 is 15.2 Å². The number of aryl methyl sites for hydroxylation is 1. The Kier molecular flexibility index (Phi) is 5.65. The zero-order chi connectivity index (χ0) is 25.5. The van der Waals surface area contributed by atoms with Gasteiger partial charge in [-0.2, -0.15) is 10.2 Å². The summed E-state index contributed by atoms with van der Waals surface area (Å²) >= 11 is 0. The standard InChI is InChI=1S/C27H26FN9/c1-36(2)9-8-29-19-11-16(10-18(28)12-19)25-20-13-24(32-22(20)6-7-30-25)27-26-23(34-35-27)5-4-21(33-26)17-14-31-37(3)15-17/h4-7,10-15,29,32H,8-9H2,1-3H3,(H,34,35). The quantitative estimate of drug-likeness (QED) is 0.297. The number of rotatable bonds is 7. The molecule has 5 aromatic heterocycles. The second-order valence-corrected chi connectivity index (χ2v) is 9.33. The molecule has 0 aliphatic rings. The zero-order valence-corrected chi connectivity index (χ0v) is 20.7. The van der Waals surface area contributed by atoms with Crippen molar-refractivity contribution in [1.29, 1.82) is 0 Å². The molecule has 6 rings (SSSR count). The zero-order valence-electron chi connectivity index (χ0n) is 20.7. The molecule has 0 atom stereocenters. The summed E-state index contributed by atoms with van der Waals surface area (Å²) in [6.07, 6.45) is 5.44. The Morgan fingerprint density at radius 2 is 1.92 bits per heavy atom. The molecule has 9 nitrogen and oxygen atoms in total. The molecule has 6 aromatic rings. The molecule has 10 heteroatoms. The second-order valence-electron chi connectivity index (χ2n) is 9.33. The normalized spacial score (nSPS) is 11.7. The van der Waals surface area contributed by atoms with Crippen molar-refractivity contribution in [3.63, 3.8) is 0 Å². The van der Waals surface area contributed by atoms with Crippen LogP contribution < -0.4 is 5.32 Å². The minimum absolute atomic E-state index is 0.315. The summed E-state index contributed by atoms with van der Waals surface area (Å²) in [4.78, 5) is 15.0. The smallest absolute Gasteiger partial charge is 0.135 e. The molecule has 0 saturated carbocycles. The number of likely N-dealkylation sites (N-methyl/N-ethyl adjacent to an activating group) is 1. The van der Waals surface area contributed by atoms with Crippen LogP contribution in [0.25, 0.3) is 55.8 Å². The SMILES string of the molecule is CN(C)CCNc1cc(F)cc(-c2nccc3[nH]c(-c4n[nH]c5ccc(-c6cnn(C)c6)nc45)cc23)c1. The Hall–Kier alpha value is -4.57. The number of anilines is 1. The van der Waals surface area contributed by atoms with Crippen molar-refractivity contribution in [3.05, 3.63) is 66.9 Å². The van der Waals surface area contributed by atoms with E-state index in [1.54, 1.807) is 17.1 Å². The number of benzene rings is 1. The maximum atomic E-state index is 14.6. The molecule has 5 heterocycles. The van der Waals surface area contributed by atoms with Crippen LogP contribution in [0.2, 0.25) is 0 Å². The third-order valence-electron chi connectivity index (χ3n) is 6.27. The summed E-state index contributed by atoms with van der Waals surface area (Å²) in [5.41, 5.74) is 7.82. The molecular weight excluding hydrogens is 469 g/mol. The molecule has 0 aliphatic carbocycles. The molecule has 0 amide bonds. The van der Waals surface area contributed by atoms with Crippen molar-refractivity contribution in [2.45, 2.75) is 0 Å². The van der Waals surface area contributed by atoms with Crippen molar-refractivity contribution in [2.75, 3.05) is 32.5 Å². The van der Waals surface area contributed by atoms with Crippen LogP contribution in [0.3, 0.4) is 0 Å². The number of aromatic amines is 2. The number of hydrogen-bond donors (Lipinski definition) is 3. The number of halogens is 1. The fourth-order valence-electron chi connectivity index (χ4n) is 4.46. The van der Waals surface area contributed by atoms with Crippen LogP contribution in [-0.4, -0.2) is 67.0 Å². The van der Waals surface area contributed by atoms with Gasteiger partial charge in [-0.3, -0.25) is 14.8 Å². The van der Waals surface area contributed by atoms with Crippen molar-refractivity contribution >= 4 is 27.6 Å². The minimum Gasteiger partial charge on any atom is -0.384 e. The molecule has 0 fully saturated rings. The molecule has 37 heavy (non-hydrogen) atoms. The maximum Gasteiger partial charge on any atom is 0.135 e. The lowest BCUT2D eigenvalue weighted by atomic mass is 10.1. The number of fused-ring (bicyclic) bond motifs is 2. The van der Waals surface area contributed by atoms with Gasteiger partial charge in [-0.15, -0.1) is 0 Å². The van der Waals surface area contributed by atoms with Crippen LogP contribution in [-0.2, 0) is 7.05 Å². The Morgan fingerprint density at radius 3 is 2.73 bits per heavy atom. The van der Waals surface area contributed by atoms with Gasteiger partial charge in [0, 0.05) is 60.2 Å². The third kappa shape index (κ3) is 4.43. The van der Waals surface area contributed by atoms with E-state index in [-0.39, 0.29) is 5.82 Å². The predicted octanol–water partition coefficient (Wildman–Crippen LogP) is 4.68. The van der Waals surface area contributed by atoms with Crippen molar-refractivity contribution in [3.8, 4) is 33.9 Å².